The van der Waals surface area contributed by atoms with Gasteiger partial charge in [-0.2, -0.15) is 0 Å². The van der Waals surface area contributed by atoms with Crippen molar-refractivity contribution in [3.63, 3.8) is 0 Å². The zero-order valence-electron chi connectivity index (χ0n) is 12.7. The number of carboxylic acids is 1. The second-order valence-electron chi connectivity index (χ2n) is 5.58. The lowest BCUT2D eigenvalue weighted by atomic mass is 10.0. The maximum Gasteiger partial charge on any atom is 0.311 e. The van der Waals surface area contributed by atoms with Crippen LogP contribution in [-0.2, 0) is 17.6 Å². The molecule has 1 amide bonds. The number of fused-ring (bicyclic) bond motifs is 1. The molecule has 0 bridgehead atoms. The first kappa shape index (κ1) is 15.1. The second kappa shape index (κ2) is 6.16. The highest BCUT2D eigenvalue weighted by Crippen LogP contribution is 2.24. The molecule has 120 valence electrons. The molecule has 1 aromatic heterocycles. The molecule has 2 heterocycles. The minimum atomic E-state index is -1.04. The molecule has 6 heteroatoms. The molecule has 1 aliphatic heterocycles. The van der Waals surface area contributed by atoms with Gasteiger partial charge in [-0.1, -0.05) is 18.2 Å². The number of hydrogen-bond donors (Lipinski definition) is 2. The van der Waals surface area contributed by atoms with E-state index < -0.39 is 5.97 Å². The monoisotopic (exact) mass is 315 g/mol. The minimum absolute atomic E-state index is 0.163. The zero-order chi connectivity index (χ0) is 16.4. The number of rotatable bonds is 4. The molecule has 6 nitrogen and oxygen atoms in total. The van der Waals surface area contributed by atoms with Gasteiger partial charge in [-0.15, -0.1) is 0 Å². The van der Waals surface area contributed by atoms with Crippen LogP contribution in [0, 0.1) is 6.92 Å². The van der Waals surface area contributed by atoms with Gasteiger partial charge < -0.3 is 19.6 Å². The van der Waals surface area contributed by atoms with Crippen molar-refractivity contribution in [1.82, 2.24) is 5.32 Å². The molecule has 1 atom stereocenters. The summed E-state index contributed by atoms with van der Waals surface area (Å²) >= 11 is 0. The Morgan fingerprint density at radius 2 is 2.13 bits per heavy atom. The molecular weight excluding hydrogens is 298 g/mol. The van der Waals surface area contributed by atoms with Gasteiger partial charge in [-0.3, -0.25) is 9.59 Å². The molecule has 1 unspecified atom stereocenters. The number of aryl methyl sites for hydroxylation is 1. The summed E-state index contributed by atoms with van der Waals surface area (Å²) < 4.78 is 10.8. The van der Waals surface area contributed by atoms with E-state index in [4.69, 9.17) is 14.3 Å². The Kier molecular flexibility index (Phi) is 4.06. The normalized spacial score (nSPS) is 16.3. The second-order valence-corrected chi connectivity index (χ2v) is 5.58. The van der Waals surface area contributed by atoms with Crippen molar-refractivity contribution in [3.05, 3.63) is 53.0 Å². The molecule has 1 aliphatic rings. The average Bonchev–Trinajstić information content (AvgIpc) is 2.87. The standard InChI is InChI=1S/C17H17NO5/c1-10-8-22-14(7-15(19)20)16(10)17(21)18-12-6-11-4-2-3-5-13(11)23-9-12/h2-5,8,12H,6-7,9H2,1H3,(H,18,21)(H,19,20). The van der Waals surface area contributed by atoms with Crippen LogP contribution in [0.5, 0.6) is 5.75 Å². The summed E-state index contributed by atoms with van der Waals surface area (Å²) in [5, 5.41) is 11.8. The van der Waals surface area contributed by atoms with E-state index in [0.717, 1.165) is 11.3 Å². The fourth-order valence-corrected chi connectivity index (χ4v) is 2.75. The first-order valence-corrected chi connectivity index (χ1v) is 7.35. The number of ether oxygens (including phenoxy) is 1. The van der Waals surface area contributed by atoms with E-state index in [9.17, 15) is 9.59 Å². The third kappa shape index (κ3) is 3.21. The van der Waals surface area contributed by atoms with Crippen LogP contribution in [0.2, 0.25) is 0 Å². The first-order chi connectivity index (χ1) is 11.0. The summed E-state index contributed by atoms with van der Waals surface area (Å²) in [6.45, 7) is 2.10. The van der Waals surface area contributed by atoms with Gasteiger partial charge in [-0.25, -0.2) is 0 Å². The van der Waals surface area contributed by atoms with Gasteiger partial charge in [0.15, 0.2) is 0 Å². The van der Waals surface area contributed by atoms with Gasteiger partial charge in [-0.05, 0) is 25.0 Å². The van der Waals surface area contributed by atoms with E-state index in [1.54, 1.807) is 6.92 Å². The number of carboxylic acid groups (broad SMARTS) is 1. The Bertz CT molecular complexity index is 749. The summed E-state index contributed by atoms with van der Waals surface area (Å²) in [5.74, 6) is -0.363. The number of carbonyl (C=O) groups excluding carboxylic acids is 1. The maximum absolute atomic E-state index is 12.5. The van der Waals surface area contributed by atoms with E-state index in [1.807, 2.05) is 24.3 Å². The number of benzene rings is 1. The number of aliphatic carboxylic acids is 1. The van der Waals surface area contributed by atoms with E-state index in [-0.39, 0.29) is 24.1 Å². The van der Waals surface area contributed by atoms with Crippen LogP contribution in [0.25, 0.3) is 0 Å². The molecule has 0 saturated heterocycles. The number of hydrogen-bond acceptors (Lipinski definition) is 4. The van der Waals surface area contributed by atoms with Crippen LogP contribution in [0.1, 0.15) is 27.2 Å². The van der Waals surface area contributed by atoms with Crippen molar-refractivity contribution < 1.29 is 23.8 Å². The number of para-hydroxylation sites is 1. The number of amides is 1. The van der Waals surface area contributed by atoms with Crippen molar-refractivity contribution in [2.24, 2.45) is 0 Å². The van der Waals surface area contributed by atoms with Crippen LogP contribution in [0.3, 0.4) is 0 Å². The van der Waals surface area contributed by atoms with Crippen molar-refractivity contribution in [1.29, 1.82) is 0 Å². The Hall–Kier alpha value is -2.76. The van der Waals surface area contributed by atoms with Crippen molar-refractivity contribution in [3.8, 4) is 5.75 Å². The van der Waals surface area contributed by atoms with Gasteiger partial charge in [0.1, 0.15) is 24.5 Å². The fourth-order valence-electron chi connectivity index (χ4n) is 2.75. The van der Waals surface area contributed by atoms with Gasteiger partial charge in [0.25, 0.3) is 5.91 Å². The summed E-state index contributed by atoms with van der Waals surface area (Å²) in [6, 6.07) is 7.54. The lowest BCUT2D eigenvalue weighted by Gasteiger charge is -2.26. The third-order valence-corrected chi connectivity index (χ3v) is 3.80. The van der Waals surface area contributed by atoms with Gasteiger partial charge in [0.05, 0.1) is 17.9 Å². The summed E-state index contributed by atoms with van der Waals surface area (Å²) in [5.41, 5.74) is 1.96. The smallest absolute Gasteiger partial charge is 0.311 e. The molecule has 0 saturated carbocycles. The average molecular weight is 315 g/mol. The van der Waals surface area contributed by atoms with Gasteiger partial charge in [0, 0.05) is 5.56 Å². The highest BCUT2D eigenvalue weighted by molar-refractivity contribution is 5.97. The number of carbonyl (C=O) groups is 2. The lowest BCUT2D eigenvalue weighted by molar-refractivity contribution is -0.136. The van der Waals surface area contributed by atoms with Crippen LogP contribution in [-0.4, -0.2) is 29.6 Å². The van der Waals surface area contributed by atoms with Crippen LogP contribution in [0.15, 0.2) is 34.9 Å². The van der Waals surface area contributed by atoms with Crippen molar-refractivity contribution in [2.45, 2.75) is 25.8 Å². The molecule has 1 aromatic carbocycles. The molecule has 0 fully saturated rings. The Balaban J connectivity index is 1.73. The lowest BCUT2D eigenvalue weighted by Crippen LogP contribution is -2.43. The predicted molar refractivity (Wildman–Crippen MR) is 81.7 cm³/mol. The minimum Gasteiger partial charge on any atom is -0.491 e. The van der Waals surface area contributed by atoms with Crippen molar-refractivity contribution in [2.75, 3.05) is 6.61 Å². The molecular formula is C17H17NO5. The summed E-state index contributed by atoms with van der Waals surface area (Å²) in [4.78, 5) is 23.4. The number of furan rings is 1. The van der Waals surface area contributed by atoms with E-state index >= 15 is 0 Å². The van der Waals surface area contributed by atoms with Crippen LogP contribution < -0.4 is 10.1 Å². The Morgan fingerprint density at radius 1 is 1.35 bits per heavy atom. The van der Waals surface area contributed by atoms with Gasteiger partial charge >= 0.3 is 5.97 Å². The topological polar surface area (TPSA) is 88.8 Å². The third-order valence-electron chi connectivity index (χ3n) is 3.80. The van der Waals surface area contributed by atoms with Gasteiger partial charge in [0.2, 0.25) is 0 Å². The van der Waals surface area contributed by atoms with E-state index in [0.29, 0.717) is 24.2 Å². The molecule has 2 aromatic rings. The molecule has 2 N–H and O–H groups in total. The summed E-state index contributed by atoms with van der Waals surface area (Å²) in [6.07, 6.45) is 1.76. The highest BCUT2D eigenvalue weighted by Gasteiger charge is 2.25. The SMILES string of the molecule is Cc1coc(CC(=O)O)c1C(=O)NC1COc2ccccc2C1. The van der Waals surface area contributed by atoms with Crippen LogP contribution in [0.4, 0.5) is 0 Å². The Labute approximate surface area is 133 Å². The van der Waals surface area contributed by atoms with Crippen molar-refractivity contribution >= 4 is 11.9 Å². The first-order valence-electron chi connectivity index (χ1n) is 7.35. The Morgan fingerprint density at radius 3 is 2.91 bits per heavy atom. The quantitative estimate of drug-likeness (QED) is 0.900. The van der Waals surface area contributed by atoms with E-state index in [2.05, 4.69) is 5.32 Å². The molecule has 23 heavy (non-hydrogen) atoms. The molecule has 3 rings (SSSR count). The maximum atomic E-state index is 12.5. The zero-order valence-corrected chi connectivity index (χ0v) is 12.7. The summed E-state index contributed by atoms with van der Waals surface area (Å²) in [7, 11) is 0. The largest absolute Gasteiger partial charge is 0.491 e. The molecule has 0 aliphatic carbocycles. The number of nitrogens with one attached hydrogen (secondary N) is 1. The van der Waals surface area contributed by atoms with Crippen LogP contribution >= 0.6 is 0 Å². The fraction of sp³-hybridized carbons (Fsp3) is 0.294. The predicted octanol–water partition coefficient (Wildman–Crippen LogP) is 1.95. The van der Waals surface area contributed by atoms with E-state index in [1.165, 1.54) is 6.26 Å². The highest BCUT2D eigenvalue weighted by atomic mass is 16.5. The molecule has 0 spiro atoms. The molecule has 0 radical (unpaired) electrons.